The highest BCUT2D eigenvalue weighted by Gasteiger charge is 1.98. The summed E-state index contributed by atoms with van der Waals surface area (Å²) in [4.78, 5) is 10.4. The van der Waals surface area contributed by atoms with E-state index in [-0.39, 0.29) is 5.91 Å². The first kappa shape index (κ1) is 7.08. The third-order valence-corrected chi connectivity index (χ3v) is 1.04. The molecule has 1 aromatic heterocycles. The summed E-state index contributed by atoms with van der Waals surface area (Å²) in [6.45, 7) is 1.41. The lowest BCUT2D eigenvalue weighted by Crippen LogP contribution is -2.05. The van der Waals surface area contributed by atoms with E-state index in [2.05, 4.69) is 15.5 Å². The van der Waals surface area contributed by atoms with E-state index in [4.69, 9.17) is 11.6 Å². The monoisotopic (exact) mass is 159 g/mol. The van der Waals surface area contributed by atoms with Crippen LogP contribution >= 0.6 is 11.6 Å². The topological polar surface area (TPSA) is 57.8 Å². The maximum Gasteiger partial charge on any atom is 0.222 e. The van der Waals surface area contributed by atoms with Crippen molar-refractivity contribution >= 4 is 23.3 Å². The van der Waals surface area contributed by atoms with E-state index in [1.54, 1.807) is 0 Å². The minimum Gasteiger partial charge on any atom is -0.309 e. The van der Waals surface area contributed by atoms with Crippen molar-refractivity contribution in [1.29, 1.82) is 0 Å². The molecule has 0 unspecified atom stereocenters. The second-order valence-electron chi connectivity index (χ2n) is 1.78. The number of nitrogens with one attached hydrogen (secondary N) is 2. The largest absolute Gasteiger partial charge is 0.309 e. The number of hydrogen-bond acceptors (Lipinski definition) is 2. The Morgan fingerprint density at radius 3 is 3.00 bits per heavy atom. The fraction of sp³-hybridized carbons (Fsp3) is 0.200. The highest BCUT2D eigenvalue weighted by molar-refractivity contribution is 6.29. The lowest BCUT2D eigenvalue weighted by atomic mass is 10.6. The normalized spacial score (nSPS) is 9.40. The molecule has 0 bridgehead atoms. The summed E-state index contributed by atoms with van der Waals surface area (Å²) in [6.07, 6.45) is 0. The van der Waals surface area contributed by atoms with Crippen LogP contribution < -0.4 is 5.32 Å². The van der Waals surface area contributed by atoms with Gasteiger partial charge in [0.1, 0.15) is 5.15 Å². The molecule has 0 saturated carbocycles. The van der Waals surface area contributed by atoms with Crippen molar-refractivity contribution in [1.82, 2.24) is 10.2 Å². The molecule has 10 heavy (non-hydrogen) atoms. The van der Waals surface area contributed by atoms with Gasteiger partial charge in [0.25, 0.3) is 0 Å². The van der Waals surface area contributed by atoms with Gasteiger partial charge in [0.2, 0.25) is 5.91 Å². The van der Waals surface area contributed by atoms with Crippen LogP contribution in [-0.4, -0.2) is 16.1 Å². The standard InChI is InChI=1S/C5H6ClN3O/c1-3(10)7-5-2-4(6)8-9-5/h2H,1H3,(H2,7,8,9,10). The van der Waals surface area contributed by atoms with Gasteiger partial charge in [-0.1, -0.05) is 11.6 Å². The second kappa shape index (κ2) is 2.70. The SMILES string of the molecule is CC(=O)Nc1cc(Cl)[nH]n1. The van der Waals surface area contributed by atoms with Crippen LogP contribution in [0.4, 0.5) is 5.82 Å². The van der Waals surface area contributed by atoms with Gasteiger partial charge in [-0.2, -0.15) is 5.10 Å². The third-order valence-electron chi connectivity index (χ3n) is 0.851. The molecule has 1 heterocycles. The quantitative estimate of drug-likeness (QED) is 0.643. The van der Waals surface area contributed by atoms with Crippen LogP contribution in [0.15, 0.2) is 6.07 Å². The van der Waals surface area contributed by atoms with E-state index in [1.165, 1.54) is 13.0 Å². The number of H-pyrrole nitrogens is 1. The second-order valence-corrected chi connectivity index (χ2v) is 2.19. The maximum absolute atomic E-state index is 10.4. The van der Waals surface area contributed by atoms with Gasteiger partial charge in [-0.3, -0.25) is 9.89 Å². The van der Waals surface area contributed by atoms with E-state index in [9.17, 15) is 4.79 Å². The summed E-state index contributed by atoms with van der Waals surface area (Å²) >= 11 is 5.47. The van der Waals surface area contributed by atoms with Crippen LogP contribution in [0.2, 0.25) is 5.15 Å². The minimum atomic E-state index is -0.164. The van der Waals surface area contributed by atoms with Gasteiger partial charge in [-0.25, -0.2) is 0 Å². The Morgan fingerprint density at radius 1 is 1.90 bits per heavy atom. The maximum atomic E-state index is 10.4. The van der Waals surface area contributed by atoms with E-state index < -0.39 is 0 Å². The Hall–Kier alpha value is -1.03. The molecule has 0 atom stereocenters. The molecule has 1 amide bonds. The van der Waals surface area contributed by atoms with Crippen LogP contribution in [0.3, 0.4) is 0 Å². The summed E-state index contributed by atoms with van der Waals surface area (Å²) in [6, 6.07) is 1.53. The van der Waals surface area contributed by atoms with Gasteiger partial charge in [-0.05, 0) is 0 Å². The van der Waals surface area contributed by atoms with Crippen molar-refractivity contribution in [2.24, 2.45) is 0 Å². The smallest absolute Gasteiger partial charge is 0.222 e. The molecule has 2 N–H and O–H groups in total. The zero-order valence-electron chi connectivity index (χ0n) is 5.31. The molecule has 0 radical (unpaired) electrons. The van der Waals surface area contributed by atoms with Gasteiger partial charge in [0.05, 0.1) is 0 Å². The summed E-state index contributed by atoms with van der Waals surface area (Å²) in [7, 11) is 0. The average molecular weight is 160 g/mol. The van der Waals surface area contributed by atoms with Gasteiger partial charge in [0, 0.05) is 13.0 Å². The van der Waals surface area contributed by atoms with E-state index in [0.717, 1.165) is 0 Å². The number of amides is 1. The fourth-order valence-electron chi connectivity index (χ4n) is 0.543. The Balaban J connectivity index is 2.67. The number of hydrogen-bond donors (Lipinski definition) is 2. The summed E-state index contributed by atoms with van der Waals surface area (Å²) in [5.74, 6) is 0.278. The number of halogens is 1. The first-order valence-corrected chi connectivity index (χ1v) is 3.05. The van der Waals surface area contributed by atoms with Crippen LogP contribution in [-0.2, 0) is 4.79 Å². The first-order chi connectivity index (χ1) is 4.68. The van der Waals surface area contributed by atoms with Crippen LogP contribution in [0.25, 0.3) is 0 Å². The van der Waals surface area contributed by atoms with Crippen LogP contribution in [0.1, 0.15) is 6.92 Å². The number of anilines is 1. The van der Waals surface area contributed by atoms with Crippen molar-refractivity contribution in [3.05, 3.63) is 11.2 Å². The lowest BCUT2D eigenvalue weighted by molar-refractivity contribution is -0.114. The molecule has 0 saturated heterocycles. The number of carbonyl (C=O) groups is 1. The zero-order chi connectivity index (χ0) is 7.56. The molecular weight excluding hydrogens is 154 g/mol. The van der Waals surface area contributed by atoms with E-state index in [1.807, 2.05) is 0 Å². The number of aromatic amines is 1. The predicted molar refractivity (Wildman–Crippen MR) is 37.9 cm³/mol. The zero-order valence-corrected chi connectivity index (χ0v) is 6.07. The summed E-state index contributed by atoms with van der Waals surface area (Å²) in [5.41, 5.74) is 0. The molecule has 1 rings (SSSR count). The average Bonchev–Trinajstić information content (AvgIpc) is 2.13. The molecule has 0 aliphatic carbocycles. The van der Waals surface area contributed by atoms with E-state index >= 15 is 0 Å². The Labute approximate surface area is 62.6 Å². The van der Waals surface area contributed by atoms with Crippen molar-refractivity contribution < 1.29 is 4.79 Å². The van der Waals surface area contributed by atoms with Crippen molar-refractivity contribution in [3.63, 3.8) is 0 Å². The first-order valence-electron chi connectivity index (χ1n) is 2.67. The predicted octanol–water partition coefficient (Wildman–Crippen LogP) is 1.02. The molecule has 0 spiro atoms. The summed E-state index contributed by atoms with van der Waals surface area (Å²) < 4.78 is 0. The van der Waals surface area contributed by atoms with Crippen molar-refractivity contribution in [3.8, 4) is 0 Å². The Kier molecular flexibility index (Phi) is 1.91. The Morgan fingerprint density at radius 2 is 2.60 bits per heavy atom. The van der Waals surface area contributed by atoms with Gasteiger partial charge >= 0.3 is 0 Å². The number of aromatic nitrogens is 2. The molecule has 0 aromatic carbocycles. The van der Waals surface area contributed by atoms with Gasteiger partial charge in [-0.15, -0.1) is 0 Å². The van der Waals surface area contributed by atoms with Gasteiger partial charge < -0.3 is 5.32 Å². The van der Waals surface area contributed by atoms with Crippen LogP contribution in [0, 0.1) is 0 Å². The molecular formula is C5H6ClN3O. The molecule has 0 fully saturated rings. The van der Waals surface area contributed by atoms with E-state index in [0.29, 0.717) is 11.0 Å². The Bertz CT molecular complexity index is 245. The third kappa shape index (κ3) is 1.73. The fourth-order valence-corrected chi connectivity index (χ4v) is 0.688. The number of carbonyl (C=O) groups excluding carboxylic acids is 1. The highest BCUT2D eigenvalue weighted by atomic mass is 35.5. The summed E-state index contributed by atoms with van der Waals surface area (Å²) in [5, 5.41) is 9.01. The van der Waals surface area contributed by atoms with Crippen molar-refractivity contribution in [2.45, 2.75) is 6.92 Å². The molecule has 0 aliphatic rings. The number of rotatable bonds is 1. The molecule has 1 aromatic rings. The highest BCUT2D eigenvalue weighted by Crippen LogP contribution is 2.08. The lowest BCUT2D eigenvalue weighted by Gasteiger charge is -1.91. The van der Waals surface area contributed by atoms with Crippen LogP contribution in [0.5, 0.6) is 0 Å². The molecule has 0 aliphatic heterocycles. The molecule has 54 valence electrons. The molecule has 5 heteroatoms. The van der Waals surface area contributed by atoms with Crippen molar-refractivity contribution in [2.75, 3.05) is 5.32 Å². The number of nitrogens with zero attached hydrogens (tertiary/aromatic N) is 1. The molecule has 4 nitrogen and oxygen atoms in total. The van der Waals surface area contributed by atoms with Gasteiger partial charge in [0.15, 0.2) is 5.82 Å². The minimum absolute atomic E-state index is 0.164.